The summed E-state index contributed by atoms with van der Waals surface area (Å²) in [6, 6.07) is 24.6. The molecule has 3 aromatic rings. The van der Waals surface area contributed by atoms with Crippen LogP contribution in [0.25, 0.3) is 0 Å². The van der Waals surface area contributed by atoms with Gasteiger partial charge in [0.25, 0.3) is 0 Å². The van der Waals surface area contributed by atoms with E-state index in [1.165, 1.54) is 4.31 Å². The van der Waals surface area contributed by atoms with Crippen molar-refractivity contribution >= 4 is 15.9 Å². The van der Waals surface area contributed by atoms with Gasteiger partial charge in [0.05, 0.1) is 23.5 Å². The second-order valence-electron chi connectivity index (χ2n) is 7.17. The second kappa shape index (κ2) is 7.81. The summed E-state index contributed by atoms with van der Waals surface area (Å²) in [5, 5.41) is 3.00. The van der Waals surface area contributed by atoms with Gasteiger partial charge in [0, 0.05) is 0 Å². The van der Waals surface area contributed by atoms with Gasteiger partial charge in [0.15, 0.2) is 0 Å². The van der Waals surface area contributed by atoms with E-state index in [-0.39, 0.29) is 17.3 Å². The fraction of sp³-hybridized carbons (Fsp3) is 0.174. The first kappa shape index (κ1) is 19.4. The summed E-state index contributed by atoms with van der Waals surface area (Å²) in [5.41, 5.74) is 2.66. The van der Waals surface area contributed by atoms with E-state index < -0.39 is 22.1 Å². The Morgan fingerprint density at radius 3 is 1.97 bits per heavy atom. The molecule has 0 bridgehead atoms. The minimum atomic E-state index is -3.88. The summed E-state index contributed by atoms with van der Waals surface area (Å²) in [5.74, 6) is -0.318. The highest BCUT2D eigenvalue weighted by Crippen LogP contribution is 2.39. The smallest absolute Gasteiger partial charge is 0.244 e. The summed E-state index contributed by atoms with van der Waals surface area (Å²) in [7, 11) is -3.88. The molecule has 6 heteroatoms. The number of hydrogen-bond donors (Lipinski definition) is 1. The zero-order valence-corrected chi connectivity index (χ0v) is 16.8. The lowest BCUT2D eigenvalue weighted by Gasteiger charge is -2.41. The third kappa shape index (κ3) is 3.81. The second-order valence-corrected chi connectivity index (χ2v) is 9.07. The van der Waals surface area contributed by atoms with Crippen LogP contribution in [0.1, 0.15) is 28.8 Å². The first-order chi connectivity index (χ1) is 14.0. The van der Waals surface area contributed by atoms with Crippen LogP contribution < -0.4 is 5.32 Å². The number of benzene rings is 3. The van der Waals surface area contributed by atoms with E-state index in [1.54, 1.807) is 24.3 Å². The third-order valence-electron chi connectivity index (χ3n) is 5.17. The molecule has 29 heavy (non-hydrogen) atoms. The SMILES string of the molecule is Cc1ccc(S(=O)(=O)N2CC(=O)N[C@@H](c3ccccc3)[C@@H]2c2ccccc2)cc1. The van der Waals surface area contributed by atoms with Crippen LogP contribution in [-0.2, 0) is 14.8 Å². The third-order valence-corrected chi connectivity index (χ3v) is 7.01. The van der Waals surface area contributed by atoms with Gasteiger partial charge in [0.1, 0.15) is 0 Å². The molecule has 5 nitrogen and oxygen atoms in total. The Balaban J connectivity index is 1.86. The van der Waals surface area contributed by atoms with Crippen molar-refractivity contribution in [3.8, 4) is 0 Å². The number of rotatable bonds is 4. The molecule has 1 amide bonds. The van der Waals surface area contributed by atoms with Crippen molar-refractivity contribution in [3.63, 3.8) is 0 Å². The molecule has 2 atom stereocenters. The molecule has 0 aromatic heterocycles. The fourth-order valence-electron chi connectivity index (χ4n) is 3.72. The standard InChI is InChI=1S/C23H22N2O3S/c1-17-12-14-20(15-13-17)29(27,28)25-16-21(26)24-22(18-8-4-2-5-9-18)23(25)19-10-6-3-7-11-19/h2-15,22-23H,16H2,1H3,(H,24,26)/t22-,23-/m0/s1. The first-order valence-electron chi connectivity index (χ1n) is 9.44. The summed E-state index contributed by atoms with van der Waals surface area (Å²) in [6.07, 6.45) is 0. The number of amides is 1. The zero-order valence-electron chi connectivity index (χ0n) is 16.0. The summed E-state index contributed by atoms with van der Waals surface area (Å²) in [6.45, 7) is 1.68. The minimum Gasteiger partial charge on any atom is -0.346 e. The van der Waals surface area contributed by atoms with E-state index in [2.05, 4.69) is 5.32 Å². The number of aryl methyl sites for hydroxylation is 1. The molecular formula is C23H22N2O3S. The van der Waals surface area contributed by atoms with Gasteiger partial charge >= 0.3 is 0 Å². The van der Waals surface area contributed by atoms with Crippen LogP contribution in [0.5, 0.6) is 0 Å². The quantitative estimate of drug-likeness (QED) is 0.720. The van der Waals surface area contributed by atoms with E-state index >= 15 is 0 Å². The van der Waals surface area contributed by atoms with Gasteiger partial charge in [-0.2, -0.15) is 4.31 Å². The molecule has 1 fully saturated rings. The van der Waals surface area contributed by atoms with E-state index in [0.29, 0.717) is 0 Å². The number of sulfonamides is 1. The van der Waals surface area contributed by atoms with Crippen LogP contribution >= 0.6 is 0 Å². The number of hydrogen-bond acceptors (Lipinski definition) is 3. The van der Waals surface area contributed by atoms with Gasteiger partial charge in [-0.15, -0.1) is 0 Å². The van der Waals surface area contributed by atoms with E-state index in [0.717, 1.165) is 16.7 Å². The van der Waals surface area contributed by atoms with Crippen LogP contribution in [0, 0.1) is 6.92 Å². The molecule has 1 N–H and O–H groups in total. The first-order valence-corrected chi connectivity index (χ1v) is 10.9. The molecular weight excluding hydrogens is 384 g/mol. The molecule has 0 spiro atoms. The highest BCUT2D eigenvalue weighted by molar-refractivity contribution is 7.89. The molecule has 0 saturated carbocycles. The molecule has 1 heterocycles. The van der Waals surface area contributed by atoms with E-state index in [1.807, 2.05) is 67.6 Å². The van der Waals surface area contributed by atoms with Crippen molar-refractivity contribution in [2.24, 2.45) is 0 Å². The van der Waals surface area contributed by atoms with Crippen molar-refractivity contribution in [1.82, 2.24) is 9.62 Å². The molecule has 1 saturated heterocycles. The summed E-state index contributed by atoms with van der Waals surface area (Å²) >= 11 is 0. The molecule has 0 unspecified atom stereocenters. The van der Waals surface area contributed by atoms with Crippen molar-refractivity contribution < 1.29 is 13.2 Å². The Morgan fingerprint density at radius 2 is 1.38 bits per heavy atom. The van der Waals surface area contributed by atoms with Crippen LogP contribution in [-0.4, -0.2) is 25.2 Å². The van der Waals surface area contributed by atoms with Crippen LogP contribution in [0.3, 0.4) is 0 Å². The van der Waals surface area contributed by atoms with Gasteiger partial charge in [-0.25, -0.2) is 8.42 Å². The van der Waals surface area contributed by atoms with Crippen molar-refractivity contribution in [1.29, 1.82) is 0 Å². The summed E-state index contributed by atoms with van der Waals surface area (Å²) in [4.78, 5) is 12.7. The average Bonchev–Trinajstić information content (AvgIpc) is 2.74. The maximum atomic E-state index is 13.6. The highest BCUT2D eigenvalue weighted by atomic mass is 32.2. The van der Waals surface area contributed by atoms with Crippen molar-refractivity contribution in [3.05, 3.63) is 102 Å². The molecule has 1 aliphatic rings. The molecule has 0 aliphatic carbocycles. The Morgan fingerprint density at radius 1 is 0.828 bits per heavy atom. The normalized spacial score (nSPS) is 20.2. The predicted molar refractivity (Wildman–Crippen MR) is 112 cm³/mol. The van der Waals surface area contributed by atoms with Crippen LogP contribution in [0.15, 0.2) is 89.8 Å². The lowest BCUT2D eigenvalue weighted by Crippen LogP contribution is -2.53. The number of piperazine rings is 1. The zero-order chi connectivity index (χ0) is 20.4. The highest BCUT2D eigenvalue weighted by Gasteiger charge is 2.43. The Labute approximate surface area is 171 Å². The Hall–Kier alpha value is -2.96. The van der Waals surface area contributed by atoms with Gasteiger partial charge in [-0.1, -0.05) is 78.4 Å². The summed E-state index contributed by atoms with van der Waals surface area (Å²) < 4.78 is 28.4. The number of carbonyl (C=O) groups is 1. The van der Waals surface area contributed by atoms with Crippen molar-refractivity contribution in [2.75, 3.05) is 6.54 Å². The number of carbonyl (C=O) groups excluding carboxylic acids is 1. The molecule has 148 valence electrons. The fourth-order valence-corrected chi connectivity index (χ4v) is 5.30. The van der Waals surface area contributed by atoms with Gasteiger partial charge < -0.3 is 5.32 Å². The molecule has 4 rings (SSSR count). The van der Waals surface area contributed by atoms with E-state index in [4.69, 9.17) is 0 Å². The number of nitrogens with zero attached hydrogens (tertiary/aromatic N) is 1. The average molecular weight is 407 g/mol. The largest absolute Gasteiger partial charge is 0.346 e. The van der Waals surface area contributed by atoms with Crippen LogP contribution in [0.4, 0.5) is 0 Å². The molecule has 0 radical (unpaired) electrons. The number of nitrogens with one attached hydrogen (secondary N) is 1. The lowest BCUT2D eigenvalue weighted by atomic mass is 9.91. The van der Waals surface area contributed by atoms with Crippen LogP contribution in [0.2, 0.25) is 0 Å². The molecule has 1 aliphatic heterocycles. The predicted octanol–water partition coefficient (Wildman–Crippen LogP) is 3.60. The Bertz CT molecular complexity index is 1100. The Kier molecular flexibility index (Phi) is 5.22. The monoisotopic (exact) mass is 406 g/mol. The maximum Gasteiger partial charge on any atom is 0.244 e. The topological polar surface area (TPSA) is 66.5 Å². The van der Waals surface area contributed by atoms with Gasteiger partial charge in [-0.05, 0) is 30.2 Å². The van der Waals surface area contributed by atoms with Gasteiger partial charge in [0.2, 0.25) is 15.9 Å². The van der Waals surface area contributed by atoms with Gasteiger partial charge in [-0.3, -0.25) is 4.79 Å². The lowest BCUT2D eigenvalue weighted by molar-refractivity contribution is -0.125. The minimum absolute atomic E-state index is 0.186. The van der Waals surface area contributed by atoms with E-state index in [9.17, 15) is 13.2 Å². The molecule has 3 aromatic carbocycles. The maximum absolute atomic E-state index is 13.6. The van der Waals surface area contributed by atoms with Crippen molar-refractivity contribution in [2.45, 2.75) is 23.9 Å².